The van der Waals surface area contributed by atoms with Crippen LogP contribution in [0.15, 0.2) is 30.5 Å². The molecule has 0 radical (unpaired) electrons. The number of aliphatic hydroxyl groups is 1. The monoisotopic (exact) mass is 230 g/mol. The Morgan fingerprint density at radius 2 is 2.18 bits per heavy atom. The van der Waals surface area contributed by atoms with Crippen LogP contribution in [-0.4, -0.2) is 40.3 Å². The van der Waals surface area contributed by atoms with Gasteiger partial charge in [-0.05, 0) is 6.07 Å². The van der Waals surface area contributed by atoms with Crippen molar-refractivity contribution in [3.05, 3.63) is 30.5 Å². The lowest BCUT2D eigenvalue weighted by atomic mass is 9.98. The molecule has 0 atom stereocenters. The van der Waals surface area contributed by atoms with Crippen LogP contribution >= 0.6 is 0 Å². The van der Waals surface area contributed by atoms with Crippen LogP contribution in [0.2, 0.25) is 0 Å². The van der Waals surface area contributed by atoms with Gasteiger partial charge in [0.1, 0.15) is 5.60 Å². The Morgan fingerprint density at radius 1 is 1.35 bits per heavy atom. The average Bonchev–Trinajstić information content (AvgIpc) is 2.34. The first kappa shape index (κ1) is 10.4. The Kier molecular flexibility index (Phi) is 2.42. The molecule has 2 aromatic rings. The molecule has 0 unspecified atom stereocenters. The number of rotatable bonds is 3. The molecule has 17 heavy (non-hydrogen) atoms. The van der Waals surface area contributed by atoms with Crippen molar-refractivity contribution in [3.63, 3.8) is 0 Å². The Balaban J connectivity index is 1.76. The van der Waals surface area contributed by atoms with E-state index in [1.54, 1.807) is 6.20 Å². The van der Waals surface area contributed by atoms with Gasteiger partial charge in [0.2, 0.25) is 5.95 Å². The molecule has 3 N–H and O–H groups in total. The van der Waals surface area contributed by atoms with Crippen molar-refractivity contribution < 1.29 is 5.11 Å². The number of anilines is 1. The van der Waals surface area contributed by atoms with Gasteiger partial charge in [-0.3, -0.25) is 0 Å². The third kappa shape index (κ3) is 2.07. The number of para-hydroxylation sites is 1. The van der Waals surface area contributed by atoms with Crippen LogP contribution < -0.4 is 10.6 Å². The molecule has 1 aliphatic heterocycles. The molecule has 3 rings (SSSR count). The van der Waals surface area contributed by atoms with Crippen LogP contribution in [0.1, 0.15) is 0 Å². The number of benzene rings is 1. The number of β-amino-alcohol motifs (C(OH)–C–C–N with tert-alkyl or cyclic N) is 1. The van der Waals surface area contributed by atoms with Crippen LogP contribution in [-0.2, 0) is 0 Å². The van der Waals surface area contributed by atoms with Gasteiger partial charge in [0, 0.05) is 31.2 Å². The smallest absolute Gasteiger partial charge is 0.223 e. The highest BCUT2D eigenvalue weighted by Crippen LogP contribution is 2.14. The molecule has 1 aliphatic rings. The van der Waals surface area contributed by atoms with E-state index in [1.165, 1.54) is 0 Å². The van der Waals surface area contributed by atoms with Crippen molar-refractivity contribution in [1.82, 2.24) is 15.3 Å². The van der Waals surface area contributed by atoms with Crippen molar-refractivity contribution in [2.45, 2.75) is 5.60 Å². The fraction of sp³-hybridized carbons (Fsp3) is 0.333. The fourth-order valence-corrected chi connectivity index (χ4v) is 1.84. The summed E-state index contributed by atoms with van der Waals surface area (Å²) in [7, 11) is 0. The van der Waals surface area contributed by atoms with E-state index in [4.69, 9.17) is 0 Å². The minimum absolute atomic E-state index is 0.471. The molecule has 5 heteroatoms. The van der Waals surface area contributed by atoms with Gasteiger partial charge in [0.05, 0.1) is 5.52 Å². The summed E-state index contributed by atoms with van der Waals surface area (Å²) in [6.07, 6.45) is 1.79. The fourth-order valence-electron chi connectivity index (χ4n) is 1.84. The van der Waals surface area contributed by atoms with E-state index in [0.717, 1.165) is 10.9 Å². The number of nitrogens with one attached hydrogen (secondary N) is 2. The summed E-state index contributed by atoms with van der Waals surface area (Å²) in [6, 6.07) is 7.83. The summed E-state index contributed by atoms with van der Waals surface area (Å²) in [6.45, 7) is 1.71. The number of fused-ring (bicyclic) bond motifs is 1. The highest BCUT2D eigenvalue weighted by atomic mass is 16.3. The molecule has 2 heterocycles. The largest absolute Gasteiger partial charge is 0.385 e. The summed E-state index contributed by atoms with van der Waals surface area (Å²) >= 11 is 0. The molecular formula is C12H14N4O. The summed E-state index contributed by atoms with van der Waals surface area (Å²) in [5.41, 5.74) is 0.248. The predicted octanol–water partition coefficient (Wildman–Crippen LogP) is 0.376. The number of nitrogens with zero attached hydrogens (tertiary/aromatic N) is 2. The molecule has 1 aromatic carbocycles. The van der Waals surface area contributed by atoms with Crippen LogP contribution in [0.3, 0.4) is 0 Å². The molecule has 1 aromatic heterocycles. The molecule has 0 bridgehead atoms. The van der Waals surface area contributed by atoms with Gasteiger partial charge < -0.3 is 15.7 Å². The van der Waals surface area contributed by atoms with Crippen molar-refractivity contribution in [2.24, 2.45) is 0 Å². The van der Waals surface area contributed by atoms with E-state index in [1.807, 2.05) is 24.3 Å². The van der Waals surface area contributed by atoms with Crippen molar-refractivity contribution >= 4 is 16.9 Å². The molecule has 0 amide bonds. The Hall–Kier alpha value is -1.72. The first-order valence-corrected chi connectivity index (χ1v) is 5.64. The highest BCUT2D eigenvalue weighted by molar-refractivity contribution is 5.78. The maximum Gasteiger partial charge on any atom is 0.223 e. The first-order valence-electron chi connectivity index (χ1n) is 5.64. The zero-order valence-corrected chi connectivity index (χ0v) is 9.35. The van der Waals surface area contributed by atoms with E-state index in [9.17, 15) is 5.11 Å². The van der Waals surface area contributed by atoms with Crippen LogP contribution in [0.25, 0.3) is 10.9 Å². The molecule has 0 aliphatic carbocycles. The topological polar surface area (TPSA) is 70.1 Å². The van der Waals surface area contributed by atoms with E-state index < -0.39 is 5.60 Å². The minimum atomic E-state index is -0.658. The standard InChI is InChI=1S/C12H14N4O/c17-12(6-13-7-12)8-15-11-14-5-9-3-1-2-4-10(9)16-11/h1-5,13,17H,6-8H2,(H,14,15,16). The predicted molar refractivity (Wildman–Crippen MR) is 65.8 cm³/mol. The van der Waals surface area contributed by atoms with Crippen LogP contribution in [0.4, 0.5) is 5.95 Å². The zero-order valence-electron chi connectivity index (χ0n) is 9.35. The van der Waals surface area contributed by atoms with Gasteiger partial charge in [0.25, 0.3) is 0 Å². The molecule has 1 saturated heterocycles. The van der Waals surface area contributed by atoms with Gasteiger partial charge in [-0.1, -0.05) is 18.2 Å². The highest BCUT2D eigenvalue weighted by Gasteiger charge is 2.33. The maximum atomic E-state index is 9.90. The molecule has 5 nitrogen and oxygen atoms in total. The minimum Gasteiger partial charge on any atom is -0.385 e. The Labute approximate surface area is 98.9 Å². The second-order valence-electron chi connectivity index (χ2n) is 4.43. The lowest BCUT2D eigenvalue weighted by molar-refractivity contribution is 0.00299. The van der Waals surface area contributed by atoms with E-state index in [-0.39, 0.29) is 0 Å². The normalized spacial score (nSPS) is 17.7. The summed E-state index contributed by atoms with van der Waals surface area (Å²) in [4.78, 5) is 8.60. The Bertz CT molecular complexity index is 539. The molecule has 0 spiro atoms. The maximum absolute atomic E-state index is 9.90. The van der Waals surface area contributed by atoms with Crippen LogP contribution in [0.5, 0.6) is 0 Å². The van der Waals surface area contributed by atoms with Crippen molar-refractivity contribution in [2.75, 3.05) is 25.0 Å². The van der Waals surface area contributed by atoms with Gasteiger partial charge >= 0.3 is 0 Å². The Morgan fingerprint density at radius 3 is 2.94 bits per heavy atom. The van der Waals surface area contributed by atoms with E-state index in [2.05, 4.69) is 20.6 Å². The van der Waals surface area contributed by atoms with Crippen molar-refractivity contribution in [1.29, 1.82) is 0 Å². The zero-order chi connectivity index (χ0) is 11.7. The number of hydrogen-bond donors (Lipinski definition) is 3. The third-order valence-corrected chi connectivity index (χ3v) is 2.97. The molecule has 0 saturated carbocycles. The van der Waals surface area contributed by atoms with Gasteiger partial charge in [-0.25, -0.2) is 9.97 Å². The molecule has 88 valence electrons. The van der Waals surface area contributed by atoms with Gasteiger partial charge in [-0.2, -0.15) is 0 Å². The number of hydrogen-bond acceptors (Lipinski definition) is 5. The SMILES string of the molecule is OC1(CNc2ncc3ccccc3n2)CNC1. The van der Waals surface area contributed by atoms with Crippen LogP contribution in [0, 0.1) is 0 Å². The number of aromatic nitrogens is 2. The second kappa shape index (κ2) is 3.94. The average molecular weight is 230 g/mol. The third-order valence-electron chi connectivity index (χ3n) is 2.97. The lowest BCUT2D eigenvalue weighted by Crippen LogP contribution is -2.63. The van der Waals surface area contributed by atoms with Gasteiger partial charge in [0.15, 0.2) is 0 Å². The van der Waals surface area contributed by atoms with Crippen molar-refractivity contribution in [3.8, 4) is 0 Å². The van der Waals surface area contributed by atoms with Gasteiger partial charge in [-0.15, -0.1) is 0 Å². The molecular weight excluding hydrogens is 216 g/mol. The molecule has 1 fully saturated rings. The first-order chi connectivity index (χ1) is 8.25. The second-order valence-corrected chi connectivity index (χ2v) is 4.43. The lowest BCUT2D eigenvalue weighted by Gasteiger charge is -2.37. The van der Waals surface area contributed by atoms with E-state index >= 15 is 0 Å². The quantitative estimate of drug-likeness (QED) is 0.711. The summed E-state index contributed by atoms with van der Waals surface area (Å²) in [5.74, 6) is 0.559. The van der Waals surface area contributed by atoms with E-state index in [0.29, 0.717) is 25.6 Å². The summed E-state index contributed by atoms with van der Waals surface area (Å²) < 4.78 is 0. The summed E-state index contributed by atoms with van der Waals surface area (Å²) in [5, 5.41) is 17.0.